The van der Waals surface area contributed by atoms with Gasteiger partial charge in [-0.05, 0) is 25.0 Å². The number of alkyl halides is 3. The zero-order valence-corrected chi connectivity index (χ0v) is 19.7. The van der Waals surface area contributed by atoms with Gasteiger partial charge >= 0.3 is 12.1 Å². The summed E-state index contributed by atoms with van der Waals surface area (Å²) in [5.41, 5.74) is 0.492. The molecular formula is C21H30F3N3O6S. The summed E-state index contributed by atoms with van der Waals surface area (Å²) in [4.78, 5) is 23.9. The summed E-state index contributed by atoms with van der Waals surface area (Å²) >= 11 is 0. The second-order valence-electron chi connectivity index (χ2n) is 7.91. The molecule has 1 amide bonds. The van der Waals surface area contributed by atoms with Crippen molar-refractivity contribution >= 4 is 21.9 Å². The van der Waals surface area contributed by atoms with Crippen molar-refractivity contribution in [2.24, 2.45) is 0 Å². The van der Waals surface area contributed by atoms with Crippen LogP contribution in [0.1, 0.15) is 36.0 Å². The van der Waals surface area contributed by atoms with Crippen LogP contribution in [-0.4, -0.2) is 92.4 Å². The number of carbonyl (C=O) groups excluding carboxylic acids is 1. The number of halogens is 3. The zero-order valence-electron chi connectivity index (χ0n) is 18.9. The Morgan fingerprint density at radius 3 is 2.26 bits per heavy atom. The van der Waals surface area contributed by atoms with Crippen molar-refractivity contribution < 1.29 is 41.0 Å². The Hall–Kier alpha value is -2.38. The SMILES string of the molecule is COc1ccccc1C(=O)N(CCS(=O)(=O)N1CCNCC1)C1CCCC1.O=C(O)C(F)(F)F. The normalized spacial score (nSPS) is 17.5. The van der Waals surface area contributed by atoms with Crippen LogP contribution in [-0.2, 0) is 14.8 Å². The number of sulfonamides is 1. The maximum absolute atomic E-state index is 13.2. The van der Waals surface area contributed by atoms with Gasteiger partial charge < -0.3 is 20.1 Å². The van der Waals surface area contributed by atoms with Crippen LogP contribution >= 0.6 is 0 Å². The van der Waals surface area contributed by atoms with Gasteiger partial charge in [0.05, 0.1) is 18.4 Å². The lowest BCUT2D eigenvalue weighted by Crippen LogP contribution is -2.49. The second kappa shape index (κ2) is 12.4. The monoisotopic (exact) mass is 509 g/mol. The Morgan fingerprint density at radius 1 is 1.18 bits per heavy atom. The highest BCUT2D eigenvalue weighted by Crippen LogP contribution is 2.27. The first-order valence-electron chi connectivity index (χ1n) is 10.9. The molecule has 34 heavy (non-hydrogen) atoms. The minimum atomic E-state index is -5.08. The number of nitrogens with zero attached hydrogens (tertiary/aromatic N) is 2. The van der Waals surface area contributed by atoms with Gasteiger partial charge in [-0.25, -0.2) is 13.2 Å². The summed E-state index contributed by atoms with van der Waals surface area (Å²) in [6.07, 6.45) is -1.08. The van der Waals surface area contributed by atoms with Crippen molar-refractivity contribution in [2.45, 2.75) is 37.9 Å². The lowest BCUT2D eigenvalue weighted by Gasteiger charge is -2.31. The first kappa shape index (κ1) is 27.9. The molecule has 2 fully saturated rings. The molecule has 192 valence electrons. The third-order valence-corrected chi connectivity index (χ3v) is 7.52. The van der Waals surface area contributed by atoms with Crippen LogP contribution in [0.25, 0.3) is 0 Å². The number of nitrogens with one attached hydrogen (secondary N) is 1. The van der Waals surface area contributed by atoms with Crippen molar-refractivity contribution in [1.29, 1.82) is 0 Å². The van der Waals surface area contributed by atoms with E-state index in [0.717, 1.165) is 25.7 Å². The molecule has 0 atom stereocenters. The van der Waals surface area contributed by atoms with E-state index in [1.54, 1.807) is 30.2 Å². The number of methoxy groups -OCH3 is 1. The molecule has 0 bridgehead atoms. The fourth-order valence-electron chi connectivity index (χ4n) is 3.91. The number of carboxylic acids is 1. The Morgan fingerprint density at radius 2 is 1.74 bits per heavy atom. The number of aliphatic carboxylic acids is 1. The van der Waals surface area contributed by atoms with Crippen LogP contribution in [0.2, 0.25) is 0 Å². The van der Waals surface area contributed by atoms with Crippen molar-refractivity contribution in [3.8, 4) is 5.75 Å². The molecule has 1 aliphatic heterocycles. The molecule has 1 saturated heterocycles. The lowest BCUT2D eigenvalue weighted by atomic mass is 10.1. The van der Waals surface area contributed by atoms with Crippen LogP contribution in [0, 0.1) is 0 Å². The molecular weight excluding hydrogens is 479 g/mol. The summed E-state index contributed by atoms with van der Waals surface area (Å²) < 4.78 is 64.1. The average Bonchev–Trinajstić information content (AvgIpc) is 3.34. The first-order chi connectivity index (χ1) is 16.0. The largest absolute Gasteiger partial charge is 0.496 e. The minimum absolute atomic E-state index is 0.0373. The average molecular weight is 510 g/mol. The Labute approximate surface area is 196 Å². The number of rotatable bonds is 7. The van der Waals surface area contributed by atoms with E-state index in [1.165, 1.54) is 4.31 Å². The fourth-order valence-corrected chi connectivity index (χ4v) is 5.33. The maximum Gasteiger partial charge on any atom is 0.490 e. The summed E-state index contributed by atoms with van der Waals surface area (Å²) in [5, 5.41) is 10.3. The van der Waals surface area contributed by atoms with Gasteiger partial charge in [-0.1, -0.05) is 25.0 Å². The summed E-state index contributed by atoms with van der Waals surface area (Å²) in [6, 6.07) is 7.23. The van der Waals surface area contributed by atoms with E-state index in [9.17, 15) is 26.4 Å². The minimum Gasteiger partial charge on any atom is -0.496 e. The molecule has 1 aromatic carbocycles. The number of hydrogen-bond donors (Lipinski definition) is 2. The van der Waals surface area contributed by atoms with Crippen LogP contribution in [0.3, 0.4) is 0 Å². The molecule has 3 rings (SSSR count). The topological polar surface area (TPSA) is 116 Å². The molecule has 0 spiro atoms. The van der Waals surface area contributed by atoms with Crippen LogP contribution in [0.4, 0.5) is 13.2 Å². The van der Waals surface area contributed by atoms with Gasteiger partial charge in [0.1, 0.15) is 5.75 Å². The number of amides is 1. The number of para-hydroxylation sites is 1. The van der Waals surface area contributed by atoms with E-state index in [4.69, 9.17) is 14.6 Å². The molecule has 9 nitrogen and oxygen atoms in total. The van der Waals surface area contributed by atoms with Crippen molar-refractivity contribution in [3.63, 3.8) is 0 Å². The molecule has 2 aliphatic rings. The molecule has 1 heterocycles. The fraction of sp³-hybridized carbons (Fsp3) is 0.619. The number of carboxylic acid groups (broad SMARTS) is 1. The molecule has 1 aromatic rings. The standard InChI is InChI=1S/C19H29N3O4S.C2HF3O2/c1-26-18-9-5-4-8-17(18)19(23)22(16-6-2-3-7-16)14-15-27(24,25)21-12-10-20-11-13-21;3-2(4,5)1(6)7/h4-5,8-9,16,20H,2-3,6-7,10-15H2,1H3;(H,6,7). The van der Waals surface area contributed by atoms with E-state index in [-0.39, 0.29) is 24.2 Å². The van der Waals surface area contributed by atoms with Crippen LogP contribution in [0.5, 0.6) is 5.75 Å². The van der Waals surface area contributed by atoms with Gasteiger partial charge in [0.25, 0.3) is 5.91 Å². The van der Waals surface area contributed by atoms with Crippen molar-refractivity contribution in [3.05, 3.63) is 29.8 Å². The summed E-state index contributed by atoms with van der Waals surface area (Å²) in [6.45, 7) is 2.55. The van der Waals surface area contributed by atoms with E-state index in [2.05, 4.69) is 5.32 Å². The van der Waals surface area contributed by atoms with E-state index in [1.807, 2.05) is 6.07 Å². The Bertz CT molecular complexity index is 930. The maximum atomic E-state index is 13.2. The Kier molecular flexibility index (Phi) is 10.1. The predicted octanol–water partition coefficient (Wildman–Crippen LogP) is 1.95. The van der Waals surface area contributed by atoms with Crippen molar-refractivity contribution in [2.75, 3.05) is 45.6 Å². The highest BCUT2D eigenvalue weighted by atomic mass is 32.2. The van der Waals surface area contributed by atoms with E-state index in [0.29, 0.717) is 37.5 Å². The van der Waals surface area contributed by atoms with E-state index < -0.39 is 22.2 Å². The zero-order chi connectivity index (χ0) is 25.4. The van der Waals surface area contributed by atoms with Crippen LogP contribution in [0.15, 0.2) is 24.3 Å². The quantitative estimate of drug-likeness (QED) is 0.577. The third kappa shape index (κ3) is 7.84. The molecule has 0 aromatic heterocycles. The molecule has 0 radical (unpaired) electrons. The smallest absolute Gasteiger partial charge is 0.490 e. The van der Waals surface area contributed by atoms with Crippen molar-refractivity contribution in [1.82, 2.24) is 14.5 Å². The first-order valence-corrected chi connectivity index (χ1v) is 12.5. The van der Waals surface area contributed by atoms with Crippen LogP contribution < -0.4 is 10.1 Å². The third-order valence-electron chi connectivity index (χ3n) is 5.67. The Balaban J connectivity index is 0.000000509. The number of ether oxygens (including phenoxy) is 1. The molecule has 1 saturated carbocycles. The molecule has 2 N–H and O–H groups in total. The number of carbonyl (C=O) groups is 2. The number of benzene rings is 1. The van der Waals surface area contributed by atoms with Gasteiger partial charge in [0, 0.05) is 38.8 Å². The summed E-state index contributed by atoms with van der Waals surface area (Å²) in [5.74, 6) is -2.41. The second-order valence-corrected chi connectivity index (χ2v) is 9.99. The van der Waals surface area contributed by atoms with Gasteiger partial charge in [-0.2, -0.15) is 17.5 Å². The van der Waals surface area contributed by atoms with Gasteiger partial charge in [-0.15, -0.1) is 0 Å². The van der Waals surface area contributed by atoms with Gasteiger partial charge in [-0.3, -0.25) is 4.79 Å². The highest BCUT2D eigenvalue weighted by Gasteiger charge is 2.38. The molecule has 0 unspecified atom stereocenters. The summed E-state index contributed by atoms with van der Waals surface area (Å²) in [7, 11) is -1.83. The van der Waals surface area contributed by atoms with E-state index >= 15 is 0 Å². The number of piperazine rings is 1. The van der Waals surface area contributed by atoms with Gasteiger partial charge in [0.2, 0.25) is 10.0 Å². The molecule has 1 aliphatic carbocycles. The van der Waals surface area contributed by atoms with Gasteiger partial charge in [0.15, 0.2) is 0 Å². The predicted molar refractivity (Wildman–Crippen MR) is 118 cm³/mol. The molecule has 13 heteroatoms. The lowest BCUT2D eigenvalue weighted by molar-refractivity contribution is -0.192. The number of hydrogen-bond acceptors (Lipinski definition) is 6. The highest BCUT2D eigenvalue weighted by molar-refractivity contribution is 7.89.